The Kier molecular flexibility index (Phi) is 6.33. The number of piperidine rings is 1. The lowest BCUT2D eigenvalue weighted by Crippen LogP contribution is -2.50. The van der Waals surface area contributed by atoms with Crippen LogP contribution in [0.1, 0.15) is 48.4 Å². The van der Waals surface area contributed by atoms with Gasteiger partial charge in [-0.15, -0.1) is 0 Å². The molecular formula is C28H32FN9O3. The van der Waals surface area contributed by atoms with E-state index < -0.39 is 5.82 Å². The number of hydrogen-bond acceptors (Lipinski definition) is 9. The first-order valence-corrected chi connectivity index (χ1v) is 14.1. The maximum absolute atomic E-state index is 14.4. The smallest absolute Gasteiger partial charge is 0.272 e. The number of carbonyl (C=O) groups is 2. The zero-order chi connectivity index (χ0) is 28.1. The lowest BCUT2D eigenvalue weighted by molar-refractivity contribution is -0.127. The minimum absolute atomic E-state index is 0.0371. The van der Waals surface area contributed by atoms with Crippen molar-refractivity contribution in [2.75, 3.05) is 31.6 Å². The molecule has 3 aromatic rings. The van der Waals surface area contributed by atoms with E-state index in [-0.39, 0.29) is 47.0 Å². The summed E-state index contributed by atoms with van der Waals surface area (Å²) in [6.07, 6.45) is 8.77. The molecule has 3 aromatic heterocycles. The van der Waals surface area contributed by atoms with Crippen LogP contribution in [0.2, 0.25) is 0 Å². The highest BCUT2D eigenvalue weighted by atomic mass is 19.1. The molecule has 214 valence electrons. The van der Waals surface area contributed by atoms with Crippen molar-refractivity contribution >= 4 is 17.5 Å². The van der Waals surface area contributed by atoms with Crippen LogP contribution in [0.4, 0.5) is 10.1 Å². The number of nitrogens with zero attached hydrogens (tertiary/aromatic N) is 6. The molecule has 2 amide bonds. The summed E-state index contributed by atoms with van der Waals surface area (Å²) in [5.74, 6) is -0.147. The molecule has 0 aromatic carbocycles. The molecule has 12 nitrogen and oxygen atoms in total. The molecule has 2 bridgehead atoms. The van der Waals surface area contributed by atoms with Crippen molar-refractivity contribution < 1.29 is 18.7 Å². The van der Waals surface area contributed by atoms with Gasteiger partial charge in [0.05, 0.1) is 43.6 Å². The number of aromatic amines is 1. The average molecular weight is 562 g/mol. The second-order valence-electron chi connectivity index (χ2n) is 11.5. The van der Waals surface area contributed by atoms with Crippen molar-refractivity contribution in [1.82, 2.24) is 40.7 Å². The first-order chi connectivity index (χ1) is 19.9. The first kappa shape index (κ1) is 25.8. The normalized spacial score (nSPS) is 24.1. The molecular weight excluding hydrogens is 529 g/mol. The summed E-state index contributed by atoms with van der Waals surface area (Å²) in [7, 11) is 1.45. The van der Waals surface area contributed by atoms with Gasteiger partial charge in [0.15, 0.2) is 5.82 Å². The maximum Gasteiger partial charge on any atom is 0.272 e. The zero-order valence-electron chi connectivity index (χ0n) is 22.8. The number of halogens is 1. The first-order valence-electron chi connectivity index (χ1n) is 14.1. The number of nitrogens with one attached hydrogen (secondary N) is 3. The summed E-state index contributed by atoms with van der Waals surface area (Å²) in [4.78, 5) is 43.6. The van der Waals surface area contributed by atoms with Gasteiger partial charge in [-0.05, 0) is 38.2 Å². The molecule has 3 saturated heterocycles. The summed E-state index contributed by atoms with van der Waals surface area (Å²) < 4.78 is 19.5. The van der Waals surface area contributed by atoms with Crippen LogP contribution >= 0.6 is 0 Å². The Balaban J connectivity index is 0.955. The van der Waals surface area contributed by atoms with Crippen molar-refractivity contribution in [1.29, 1.82) is 0 Å². The van der Waals surface area contributed by atoms with E-state index in [0.717, 1.165) is 44.2 Å². The number of hydrogen-bond donors (Lipinski definition) is 3. The van der Waals surface area contributed by atoms with E-state index >= 15 is 0 Å². The standard InChI is InChI=1S/C28H32FN9O3/c1-41-25-7-20(21(29)13-33-25)22-8-23(36-35-22)27(40)38-5-2-16(9-28(38)3-4-28)26(39)34-14-24-31-11-19(12-32-24)37-15-17-6-18(37)10-30-17/h7-8,11-13,16-18,30H,2-6,9-10,14-15H2,1H3,(H,34,39)(H,35,36)/t16-,17-,18-/m0/s1. The molecule has 4 fully saturated rings. The van der Waals surface area contributed by atoms with Crippen LogP contribution < -0.4 is 20.3 Å². The fraction of sp³-hybridized carbons (Fsp3) is 0.500. The summed E-state index contributed by atoms with van der Waals surface area (Å²) in [5, 5.41) is 13.4. The monoisotopic (exact) mass is 561 g/mol. The van der Waals surface area contributed by atoms with Crippen LogP contribution in [0.15, 0.2) is 30.7 Å². The number of piperazine rings is 1. The van der Waals surface area contributed by atoms with E-state index in [1.54, 1.807) is 6.07 Å². The Morgan fingerprint density at radius 1 is 1.20 bits per heavy atom. The number of rotatable bonds is 7. The van der Waals surface area contributed by atoms with Crippen LogP contribution in [0, 0.1) is 11.7 Å². The number of anilines is 1. The van der Waals surface area contributed by atoms with Crippen LogP contribution in [0.3, 0.4) is 0 Å². The molecule has 1 saturated carbocycles. The third-order valence-corrected chi connectivity index (χ3v) is 8.97. The number of pyridine rings is 1. The third-order valence-electron chi connectivity index (χ3n) is 8.97. The van der Waals surface area contributed by atoms with Crippen LogP contribution in [0.25, 0.3) is 11.3 Å². The highest BCUT2D eigenvalue weighted by molar-refractivity contribution is 5.94. The predicted molar refractivity (Wildman–Crippen MR) is 145 cm³/mol. The fourth-order valence-corrected chi connectivity index (χ4v) is 6.57. The molecule has 13 heteroatoms. The molecule has 6 heterocycles. The summed E-state index contributed by atoms with van der Waals surface area (Å²) in [5.41, 5.74) is 1.46. The molecule has 3 atom stereocenters. The van der Waals surface area contributed by atoms with E-state index in [0.29, 0.717) is 43.0 Å². The van der Waals surface area contributed by atoms with Gasteiger partial charge in [-0.2, -0.15) is 5.10 Å². The average Bonchev–Trinajstić information content (AvgIpc) is 3.37. The number of aromatic nitrogens is 5. The number of H-pyrrole nitrogens is 1. The van der Waals surface area contributed by atoms with Gasteiger partial charge < -0.3 is 25.2 Å². The lowest BCUT2D eigenvalue weighted by Gasteiger charge is -2.39. The Bertz CT molecular complexity index is 1470. The molecule has 7 rings (SSSR count). The number of amides is 2. The fourth-order valence-electron chi connectivity index (χ4n) is 6.57. The third kappa shape index (κ3) is 4.77. The molecule has 1 aliphatic carbocycles. The van der Waals surface area contributed by atoms with Gasteiger partial charge in [0.25, 0.3) is 5.91 Å². The minimum Gasteiger partial charge on any atom is -0.481 e. The second-order valence-corrected chi connectivity index (χ2v) is 11.5. The van der Waals surface area contributed by atoms with Crippen molar-refractivity contribution in [3.63, 3.8) is 0 Å². The van der Waals surface area contributed by atoms with Gasteiger partial charge in [-0.25, -0.2) is 19.3 Å². The van der Waals surface area contributed by atoms with E-state index in [9.17, 15) is 14.0 Å². The second kappa shape index (κ2) is 10.1. The summed E-state index contributed by atoms with van der Waals surface area (Å²) in [6.45, 7) is 2.71. The Labute approximate surface area is 236 Å². The molecule has 0 radical (unpaired) electrons. The molecule has 3 N–H and O–H groups in total. The van der Waals surface area contributed by atoms with E-state index in [1.165, 1.54) is 13.2 Å². The van der Waals surface area contributed by atoms with Gasteiger partial charge in [-0.3, -0.25) is 14.7 Å². The lowest BCUT2D eigenvalue weighted by atomic mass is 9.88. The molecule has 41 heavy (non-hydrogen) atoms. The number of ether oxygens (including phenoxy) is 1. The SMILES string of the molecule is COc1cc(-c2cc(C(=O)N3CC[C@H](C(=O)NCc4ncc(N5C[C@@H]6C[C@H]5CN6)cn4)CC34CC4)[nH]n2)c(F)cn1. The van der Waals surface area contributed by atoms with Crippen molar-refractivity contribution in [2.24, 2.45) is 5.92 Å². The number of carbonyl (C=O) groups excluding carboxylic acids is 2. The van der Waals surface area contributed by atoms with Crippen molar-refractivity contribution in [3.8, 4) is 17.1 Å². The highest BCUT2D eigenvalue weighted by Gasteiger charge is 2.54. The maximum atomic E-state index is 14.4. The van der Waals surface area contributed by atoms with Gasteiger partial charge in [0.1, 0.15) is 11.5 Å². The quantitative estimate of drug-likeness (QED) is 0.393. The summed E-state index contributed by atoms with van der Waals surface area (Å²) >= 11 is 0. The largest absolute Gasteiger partial charge is 0.481 e. The number of methoxy groups -OCH3 is 1. The van der Waals surface area contributed by atoms with Gasteiger partial charge in [0.2, 0.25) is 11.8 Å². The molecule has 4 aliphatic rings. The Morgan fingerprint density at radius 3 is 2.73 bits per heavy atom. The molecule has 0 unspecified atom stereocenters. The van der Waals surface area contributed by atoms with Gasteiger partial charge in [-0.1, -0.05) is 0 Å². The Hall–Kier alpha value is -4.13. The minimum atomic E-state index is -0.556. The number of likely N-dealkylation sites (tertiary alicyclic amines) is 1. The predicted octanol–water partition coefficient (Wildman–Crippen LogP) is 1.66. The van der Waals surface area contributed by atoms with Gasteiger partial charge in [0, 0.05) is 54.8 Å². The van der Waals surface area contributed by atoms with Crippen LogP contribution in [-0.4, -0.2) is 86.2 Å². The number of fused-ring (bicyclic) bond motifs is 2. The van der Waals surface area contributed by atoms with E-state index in [2.05, 4.69) is 40.7 Å². The summed E-state index contributed by atoms with van der Waals surface area (Å²) in [6, 6.07) is 4.05. The zero-order valence-corrected chi connectivity index (χ0v) is 22.8. The van der Waals surface area contributed by atoms with Crippen molar-refractivity contribution in [2.45, 2.75) is 56.3 Å². The van der Waals surface area contributed by atoms with E-state index in [1.807, 2.05) is 17.3 Å². The van der Waals surface area contributed by atoms with Crippen molar-refractivity contribution in [3.05, 3.63) is 48.1 Å². The van der Waals surface area contributed by atoms with E-state index in [4.69, 9.17) is 4.74 Å². The van der Waals surface area contributed by atoms with Crippen LogP contribution in [-0.2, 0) is 11.3 Å². The Morgan fingerprint density at radius 2 is 2.02 bits per heavy atom. The molecule has 3 aliphatic heterocycles. The topological polar surface area (TPSA) is 141 Å². The van der Waals surface area contributed by atoms with Gasteiger partial charge >= 0.3 is 0 Å². The molecule has 1 spiro atoms. The highest BCUT2D eigenvalue weighted by Crippen LogP contribution is 2.50. The van der Waals surface area contributed by atoms with Crippen LogP contribution in [0.5, 0.6) is 5.88 Å².